The number of amides is 3. The van der Waals surface area contributed by atoms with E-state index in [0.717, 1.165) is 16.0 Å². The third-order valence-corrected chi connectivity index (χ3v) is 9.57. The predicted molar refractivity (Wildman–Crippen MR) is 204 cm³/mol. The Hall–Kier alpha value is -5.65. The van der Waals surface area contributed by atoms with Gasteiger partial charge < -0.3 is 25.4 Å². The normalized spacial score (nSPS) is 11.6. The molecular formula is C40H37N3O6S2. The van der Waals surface area contributed by atoms with Crippen LogP contribution in [0.3, 0.4) is 0 Å². The van der Waals surface area contributed by atoms with Crippen LogP contribution in [-0.4, -0.2) is 42.7 Å². The number of hydrogen-bond acceptors (Lipinski definition) is 8. The van der Waals surface area contributed by atoms with Crippen molar-refractivity contribution in [3.05, 3.63) is 136 Å². The van der Waals surface area contributed by atoms with Crippen molar-refractivity contribution in [2.45, 2.75) is 30.9 Å². The minimum atomic E-state index is -0.563. The number of thioether (sulfide) groups is 1. The topological polar surface area (TPSA) is 123 Å². The Morgan fingerprint density at radius 2 is 1.61 bits per heavy atom. The molecule has 0 bridgehead atoms. The van der Waals surface area contributed by atoms with Crippen LogP contribution < -0.4 is 20.7 Å². The highest BCUT2D eigenvalue weighted by Crippen LogP contribution is 2.37. The molecule has 5 rings (SSSR count). The van der Waals surface area contributed by atoms with Crippen molar-refractivity contribution in [1.29, 1.82) is 0 Å². The molecule has 0 saturated carbocycles. The molecule has 1 unspecified atom stereocenters. The summed E-state index contributed by atoms with van der Waals surface area (Å²) in [5.41, 5.74) is 4.52. The average Bonchev–Trinajstić information content (AvgIpc) is 3.55. The molecule has 0 radical (unpaired) electrons. The van der Waals surface area contributed by atoms with Crippen LogP contribution in [0.5, 0.6) is 5.75 Å². The van der Waals surface area contributed by atoms with Crippen LogP contribution in [0, 0.1) is 6.92 Å². The van der Waals surface area contributed by atoms with Gasteiger partial charge in [0.25, 0.3) is 11.8 Å². The predicted octanol–water partition coefficient (Wildman–Crippen LogP) is 8.44. The molecule has 11 heteroatoms. The van der Waals surface area contributed by atoms with E-state index >= 15 is 0 Å². The molecule has 1 heterocycles. The Morgan fingerprint density at radius 1 is 0.882 bits per heavy atom. The molecule has 0 spiro atoms. The summed E-state index contributed by atoms with van der Waals surface area (Å²) < 4.78 is 10.6. The summed E-state index contributed by atoms with van der Waals surface area (Å²) in [6.45, 7) is 6.16. The summed E-state index contributed by atoms with van der Waals surface area (Å²) in [6, 6.07) is 30.6. The van der Waals surface area contributed by atoms with Crippen molar-refractivity contribution in [3.63, 3.8) is 0 Å². The van der Waals surface area contributed by atoms with Crippen molar-refractivity contribution in [2.24, 2.45) is 0 Å². The fourth-order valence-electron chi connectivity index (χ4n) is 4.95. The first-order valence-corrected chi connectivity index (χ1v) is 17.9. The molecule has 51 heavy (non-hydrogen) atoms. The molecule has 3 amide bonds. The van der Waals surface area contributed by atoms with Gasteiger partial charge in [-0.25, -0.2) is 4.79 Å². The number of hydrogen-bond donors (Lipinski definition) is 3. The molecule has 0 aliphatic heterocycles. The number of methoxy groups -OCH3 is 1. The molecule has 1 aromatic heterocycles. The Morgan fingerprint density at radius 3 is 2.29 bits per heavy atom. The van der Waals surface area contributed by atoms with Gasteiger partial charge in [0, 0.05) is 27.1 Å². The lowest BCUT2D eigenvalue weighted by Crippen LogP contribution is -2.30. The highest BCUT2D eigenvalue weighted by molar-refractivity contribution is 8.00. The molecule has 1 atom stereocenters. The lowest BCUT2D eigenvalue weighted by atomic mass is 10.0. The van der Waals surface area contributed by atoms with E-state index < -0.39 is 23.0 Å². The maximum atomic E-state index is 13.6. The summed E-state index contributed by atoms with van der Waals surface area (Å²) in [7, 11) is 1.31. The molecule has 4 aromatic carbocycles. The van der Waals surface area contributed by atoms with Gasteiger partial charge in [-0.15, -0.1) is 23.1 Å². The second-order valence-electron chi connectivity index (χ2n) is 11.3. The van der Waals surface area contributed by atoms with Gasteiger partial charge in [-0.1, -0.05) is 66.2 Å². The van der Waals surface area contributed by atoms with Crippen LogP contribution >= 0.6 is 23.1 Å². The zero-order chi connectivity index (χ0) is 36.3. The van der Waals surface area contributed by atoms with Crippen molar-refractivity contribution >= 4 is 63.6 Å². The largest absolute Gasteiger partial charge is 0.494 e. The van der Waals surface area contributed by atoms with Gasteiger partial charge in [0.05, 0.1) is 19.0 Å². The van der Waals surface area contributed by atoms with Crippen LogP contribution in [0.1, 0.15) is 45.7 Å². The van der Waals surface area contributed by atoms with Crippen LogP contribution in [0.4, 0.5) is 10.7 Å². The van der Waals surface area contributed by atoms with Gasteiger partial charge in [-0.2, -0.15) is 0 Å². The molecule has 3 N–H and O–H groups in total. The van der Waals surface area contributed by atoms with Crippen LogP contribution in [0.15, 0.2) is 119 Å². The minimum absolute atomic E-state index is 0.0428. The first-order chi connectivity index (χ1) is 24.6. The highest BCUT2D eigenvalue weighted by Gasteiger charge is 2.24. The molecule has 5 aromatic rings. The molecule has 9 nitrogen and oxygen atoms in total. The number of thiophene rings is 1. The number of rotatable bonds is 13. The van der Waals surface area contributed by atoms with Gasteiger partial charge >= 0.3 is 5.97 Å². The van der Waals surface area contributed by atoms with Gasteiger partial charge in [0.1, 0.15) is 22.0 Å². The van der Waals surface area contributed by atoms with E-state index in [1.165, 1.54) is 30.2 Å². The number of carbonyl (C=O) groups excluding carboxylic acids is 4. The SMILES string of the molecule is CCOc1ccc(/C=C(/NC(=O)c2ccccc2)C(=O)Nc2cccc(SC(C)C(=O)Nc3scc(-c4ccc(C)cc4)c3C(=O)OC)c2)cc1. The third kappa shape index (κ3) is 9.74. The maximum absolute atomic E-state index is 13.6. The van der Waals surface area contributed by atoms with Crippen molar-refractivity contribution in [3.8, 4) is 16.9 Å². The fraction of sp³-hybridized carbons (Fsp3) is 0.150. The Labute approximate surface area is 305 Å². The number of anilines is 2. The Bertz CT molecular complexity index is 2040. The summed E-state index contributed by atoms with van der Waals surface area (Å²) in [5.74, 6) is -1.11. The van der Waals surface area contributed by atoms with E-state index in [9.17, 15) is 19.2 Å². The Balaban J connectivity index is 1.30. The molecule has 260 valence electrons. The monoisotopic (exact) mass is 719 g/mol. The van der Waals surface area contributed by atoms with E-state index in [2.05, 4.69) is 16.0 Å². The van der Waals surface area contributed by atoms with E-state index in [0.29, 0.717) is 45.3 Å². The molecule has 0 saturated heterocycles. The molecule has 0 aliphatic carbocycles. The van der Waals surface area contributed by atoms with Crippen LogP contribution in [0.25, 0.3) is 17.2 Å². The second-order valence-corrected chi connectivity index (χ2v) is 13.6. The minimum Gasteiger partial charge on any atom is -0.494 e. The molecule has 0 aliphatic rings. The molecule has 0 fully saturated rings. The number of ether oxygens (including phenoxy) is 2. The lowest BCUT2D eigenvalue weighted by molar-refractivity contribution is -0.115. The smallest absolute Gasteiger partial charge is 0.341 e. The van der Waals surface area contributed by atoms with Crippen molar-refractivity contribution in [2.75, 3.05) is 24.4 Å². The zero-order valence-corrected chi connectivity index (χ0v) is 30.2. The van der Waals surface area contributed by atoms with E-state index in [1.54, 1.807) is 85.8 Å². The van der Waals surface area contributed by atoms with Crippen LogP contribution in [-0.2, 0) is 14.3 Å². The van der Waals surface area contributed by atoms with Crippen LogP contribution in [0.2, 0.25) is 0 Å². The van der Waals surface area contributed by atoms with Gasteiger partial charge in [0.2, 0.25) is 5.91 Å². The number of carbonyl (C=O) groups is 4. The van der Waals surface area contributed by atoms with E-state index in [-0.39, 0.29) is 11.6 Å². The number of esters is 1. The summed E-state index contributed by atoms with van der Waals surface area (Å²) in [5, 5.41) is 10.2. The van der Waals surface area contributed by atoms with Gasteiger partial charge in [0.15, 0.2) is 0 Å². The standard InChI is InChI=1S/C40H37N3O6S2/c1-5-49-31-20-16-27(17-21-31)22-34(42-37(45)29-10-7-6-8-11-29)38(46)41-30-12-9-13-32(23-30)51-26(3)36(44)43-39-35(40(47)48-4)33(24-50-39)28-18-14-25(2)15-19-28/h6-24,26H,5H2,1-4H3,(H,41,46)(H,42,45)(H,43,44)/b34-22+. The fourth-order valence-corrected chi connectivity index (χ4v) is 6.84. The number of aryl methyl sites for hydroxylation is 1. The average molecular weight is 720 g/mol. The van der Waals surface area contributed by atoms with Crippen molar-refractivity contribution < 1.29 is 28.7 Å². The van der Waals surface area contributed by atoms with Crippen molar-refractivity contribution in [1.82, 2.24) is 5.32 Å². The quantitative estimate of drug-likeness (QED) is 0.0634. The third-order valence-electron chi connectivity index (χ3n) is 7.58. The summed E-state index contributed by atoms with van der Waals surface area (Å²) in [6.07, 6.45) is 1.59. The number of nitrogens with one attached hydrogen (secondary N) is 3. The van der Waals surface area contributed by atoms with Gasteiger partial charge in [-0.05, 0) is 80.4 Å². The Kier molecular flexibility index (Phi) is 12.4. The summed E-state index contributed by atoms with van der Waals surface area (Å²) >= 11 is 2.55. The van der Waals surface area contributed by atoms with E-state index in [4.69, 9.17) is 9.47 Å². The maximum Gasteiger partial charge on any atom is 0.341 e. The highest BCUT2D eigenvalue weighted by atomic mass is 32.2. The number of benzene rings is 4. The summed E-state index contributed by atoms with van der Waals surface area (Å²) in [4.78, 5) is 53.6. The lowest BCUT2D eigenvalue weighted by Gasteiger charge is -2.14. The first-order valence-electron chi connectivity index (χ1n) is 16.1. The first kappa shape index (κ1) is 36.6. The van der Waals surface area contributed by atoms with E-state index in [1.807, 2.05) is 49.6 Å². The molecular weight excluding hydrogens is 683 g/mol. The zero-order valence-electron chi connectivity index (χ0n) is 28.5. The van der Waals surface area contributed by atoms with Gasteiger partial charge in [-0.3, -0.25) is 14.4 Å². The second kappa shape index (κ2) is 17.3.